The molecule has 2 heterocycles. The Labute approximate surface area is 208 Å². The molecule has 2 N–H and O–H groups in total. The molecular formula is C23H23Cl2N5O3S. The van der Waals surface area contributed by atoms with E-state index in [0.29, 0.717) is 48.5 Å². The summed E-state index contributed by atoms with van der Waals surface area (Å²) in [6.07, 6.45) is 3.33. The van der Waals surface area contributed by atoms with Crippen LogP contribution in [0.15, 0.2) is 71.9 Å². The highest BCUT2D eigenvalue weighted by Gasteiger charge is 2.28. The van der Waals surface area contributed by atoms with Crippen LogP contribution in [0, 0.1) is 0 Å². The molecule has 3 aromatic rings. The van der Waals surface area contributed by atoms with Crippen molar-refractivity contribution in [2.45, 2.75) is 11.4 Å². The minimum atomic E-state index is -3.66. The van der Waals surface area contributed by atoms with E-state index in [1.54, 1.807) is 36.7 Å². The predicted octanol–water partition coefficient (Wildman–Crippen LogP) is 4.22. The summed E-state index contributed by atoms with van der Waals surface area (Å²) >= 11 is 12.2. The second kappa shape index (κ2) is 10.6. The van der Waals surface area contributed by atoms with Gasteiger partial charge in [-0.05, 0) is 54.1 Å². The molecule has 8 nitrogen and oxygen atoms in total. The van der Waals surface area contributed by atoms with Crippen LogP contribution in [0.3, 0.4) is 0 Å². The Morgan fingerprint density at radius 3 is 2.26 bits per heavy atom. The van der Waals surface area contributed by atoms with Gasteiger partial charge in [-0.2, -0.15) is 4.31 Å². The van der Waals surface area contributed by atoms with Crippen molar-refractivity contribution in [3.05, 3.63) is 82.6 Å². The molecule has 4 rings (SSSR count). The molecule has 1 aromatic heterocycles. The molecule has 0 spiro atoms. The van der Waals surface area contributed by atoms with Gasteiger partial charge in [0.15, 0.2) is 0 Å². The number of hydrogen-bond acceptors (Lipinski definition) is 5. The maximum Gasteiger partial charge on any atom is 0.319 e. The maximum absolute atomic E-state index is 13.1. The normalized spacial score (nSPS) is 14.6. The maximum atomic E-state index is 13.1. The number of carbonyl (C=O) groups is 1. The Balaban J connectivity index is 1.33. The molecule has 0 aliphatic carbocycles. The van der Waals surface area contributed by atoms with Crippen molar-refractivity contribution in [2.24, 2.45) is 0 Å². The van der Waals surface area contributed by atoms with Crippen LogP contribution in [-0.2, 0) is 16.6 Å². The number of sulfonamides is 1. The Hall–Kier alpha value is -2.85. The number of piperazine rings is 1. The fourth-order valence-electron chi connectivity index (χ4n) is 3.63. The molecule has 11 heteroatoms. The number of carbonyl (C=O) groups excluding carboxylic acids is 1. The summed E-state index contributed by atoms with van der Waals surface area (Å²) in [4.78, 5) is 18.3. The highest BCUT2D eigenvalue weighted by molar-refractivity contribution is 7.89. The van der Waals surface area contributed by atoms with Crippen LogP contribution in [0.4, 0.5) is 16.2 Å². The van der Waals surface area contributed by atoms with Crippen molar-refractivity contribution in [3.8, 4) is 0 Å². The first-order valence-electron chi connectivity index (χ1n) is 10.6. The van der Waals surface area contributed by atoms with Crippen molar-refractivity contribution in [2.75, 3.05) is 36.4 Å². The number of urea groups is 1. The number of aromatic nitrogens is 1. The molecule has 1 aliphatic rings. The SMILES string of the molecule is O=C(NCc1cccnc1)Nc1ccc(S(=O)(=O)N2CCN(c3cc(Cl)cc(Cl)c3)CC2)cc1. The number of halogens is 2. The summed E-state index contributed by atoms with van der Waals surface area (Å²) in [6.45, 7) is 2.05. The first-order valence-corrected chi connectivity index (χ1v) is 12.8. The smallest absolute Gasteiger partial charge is 0.319 e. The lowest BCUT2D eigenvalue weighted by atomic mass is 10.2. The fraction of sp³-hybridized carbons (Fsp3) is 0.217. The summed E-state index contributed by atoms with van der Waals surface area (Å²) in [5.41, 5.74) is 2.23. The Bertz CT molecular complexity index is 1230. The number of pyridine rings is 1. The molecular weight excluding hydrogens is 497 g/mol. The van der Waals surface area contributed by atoms with Crippen LogP contribution >= 0.6 is 23.2 Å². The molecule has 0 bridgehead atoms. The standard InChI is InChI=1S/C23H23Cl2N5O3S/c24-18-12-19(25)14-21(13-18)29-8-10-30(11-9-29)34(32,33)22-5-3-20(4-6-22)28-23(31)27-16-17-2-1-7-26-15-17/h1-7,12-15H,8-11,16H2,(H2,27,28,31). The lowest BCUT2D eigenvalue weighted by molar-refractivity contribution is 0.251. The Morgan fingerprint density at radius 1 is 0.971 bits per heavy atom. The molecule has 2 amide bonds. The first kappa shape index (κ1) is 24.3. The second-order valence-corrected chi connectivity index (χ2v) is 10.5. The van der Waals surface area contributed by atoms with E-state index in [9.17, 15) is 13.2 Å². The predicted molar refractivity (Wildman–Crippen MR) is 134 cm³/mol. The van der Waals surface area contributed by atoms with E-state index in [-0.39, 0.29) is 4.90 Å². The van der Waals surface area contributed by atoms with E-state index in [2.05, 4.69) is 20.5 Å². The quantitative estimate of drug-likeness (QED) is 0.508. The minimum Gasteiger partial charge on any atom is -0.369 e. The van der Waals surface area contributed by atoms with E-state index in [1.165, 1.54) is 16.4 Å². The molecule has 0 unspecified atom stereocenters. The molecule has 1 fully saturated rings. The first-order chi connectivity index (χ1) is 16.3. The second-order valence-electron chi connectivity index (χ2n) is 7.71. The van der Waals surface area contributed by atoms with E-state index in [4.69, 9.17) is 23.2 Å². The molecule has 34 heavy (non-hydrogen) atoms. The van der Waals surface area contributed by atoms with E-state index >= 15 is 0 Å². The van der Waals surface area contributed by atoms with E-state index in [0.717, 1.165) is 11.3 Å². The summed E-state index contributed by atoms with van der Waals surface area (Å²) in [6, 6.07) is 14.7. The number of benzene rings is 2. The zero-order chi connectivity index (χ0) is 24.1. The van der Waals surface area contributed by atoms with Crippen LogP contribution in [0.5, 0.6) is 0 Å². The van der Waals surface area contributed by atoms with Crippen molar-refractivity contribution in [1.82, 2.24) is 14.6 Å². The summed E-state index contributed by atoms with van der Waals surface area (Å²) in [7, 11) is -3.66. The summed E-state index contributed by atoms with van der Waals surface area (Å²) in [5, 5.41) is 6.50. The third-order valence-electron chi connectivity index (χ3n) is 5.38. The third-order valence-corrected chi connectivity index (χ3v) is 7.73. The number of nitrogens with one attached hydrogen (secondary N) is 2. The monoisotopic (exact) mass is 519 g/mol. The van der Waals surface area contributed by atoms with Crippen molar-refractivity contribution in [3.63, 3.8) is 0 Å². The number of amides is 2. The number of anilines is 2. The minimum absolute atomic E-state index is 0.174. The van der Waals surface area contributed by atoms with Crippen LogP contribution < -0.4 is 15.5 Å². The van der Waals surface area contributed by atoms with Crippen LogP contribution in [0.1, 0.15) is 5.56 Å². The van der Waals surface area contributed by atoms with Gasteiger partial charge in [-0.25, -0.2) is 13.2 Å². The molecule has 1 saturated heterocycles. The van der Waals surface area contributed by atoms with Gasteiger partial charge in [0.25, 0.3) is 0 Å². The largest absolute Gasteiger partial charge is 0.369 e. The van der Waals surface area contributed by atoms with Gasteiger partial charge < -0.3 is 15.5 Å². The van der Waals surface area contributed by atoms with E-state index < -0.39 is 16.1 Å². The highest BCUT2D eigenvalue weighted by Crippen LogP contribution is 2.27. The van der Waals surface area contributed by atoms with Gasteiger partial charge in [0.1, 0.15) is 0 Å². The summed E-state index contributed by atoms with van der Waals surface area (Å²) in [5.74, 6) is 0. The third kappa shape index (κ3) is 5.98. The van der Waals surface area contributed by atoms with Gasteiger partial charge >= 0.3 is 6.03 Å². The lowest BCUT2D eigenvalue weighted by Gasteiger charge is -2.35. The van der Waals surface area contributed by atoms with Gasteiger partial charge in [0.05, 0.1) is 4.90 Å². The fourth-order valence-corrected chi connectivity index (χ4v) is 5.56. The Kier molecular flexibility index (Phi) is 7.57. The zero-order valence-corrected chi connectivity index (χ0v) is 20.4. The molecule has 0 radical (unpaired) electrons. The lowest BCUT2D eigenvalue weighted by Crippen LogP contribution is -2.48. The average Bonchev–Trinajstić information content (AvgIpc) is 2.83. The molecule has 2 aromatic carbocycles. The van der Waals surface area contributed by atoms with Crippen molar-refractivity contribution < 1.29 is 13.2 Å². The molecule has 0 atom stereocenters. The van der Waals surface area contributed by atoms with Gasteiger partial charge in [0.2, 0.25) is 10.0 Å². The van der Waals surface area contributed by atoms with Gasteiger partial charge in [0, 0.05) is 66.5 Å². The van der Waals surface area contributed by atoms with Crippen LogP contribution in [0.25, 0.3) is 0 Å². The van der Waals surface area contributed by atoms with Gasteiger partial charge in [-0.15, -0.1) is 0 Å². The average molecular weight is 520 g/mol. The molecule has 0 saturated carbocycles. The van der Waals surface area contributed by atoms with Gasteiger partial charge in [-0.3, -0.25) is 4.98 Å². The topological polar surface area (TPSA) is 94.6 Å². The zero-order valence-electron chi connectivity index (χ0n) is 18.1. The van der Waals surface area contributed by atoms with E-state index in [1.807, 2.05) is 18.2 Å². The van der Waals surface area contributed by atoms with Gasteiger partial charge in [-0.1, -0.05) is 29.3 Å². The van der Waals surface area contributed by atoms with Crippen molar-refractivity contribution >= 4 is 50.6 Å². The van der Waals surface area contributed by atoms with Crippen LogP contribution in [0.2, 0.25) is 10.0 Å². The van der Waals surface area contributed by atoms with Crippen molar-refractivity contribution in [1.29, 1.82) is 0 Å². The molecule has 178 valence electrons. The number of rotatable bonds is 6. The highest BCUT2D eigenvalue weighted by atomic mass is 35.5. The van der Waals surface area contributed by atoms with Crippen LogP contribution in [-0.4, -0.2) is 49.9 Å². The number of nitrogens with zero attached hydrogens (tertiary/aromatic N) is 3. The molecule has 1 aliphatic heterocycles. The summed E-state index contributed by atoms with van der Waals surface area (Å²) < 4.78 is 27.6. The Morgan fingerprint density at radius 2 is 1.65 bits per heavy atom. The number of hydrogen-bond donors (Lipinski definition) is 2.